The van der Waals surface area contributed by atoms with Gasteiger partial charge in [-0.3, -0.25) is 0 Å². The minimum absolute atomic E-state index is 0.136. The molecule has 8 heteroatoms. The van der Waals surface area contributed by atoms with Crippen LogP contribution >= 0.6 is 0 Å². The first-order valence-electron chi connectivity index (χ1n) is 9.31. The average Bonchev–Trinajstić information content (AvgIpc) is 2.72. The van der Waals surface area contributed by atoms with Gasteiger partial charge in [-0.1, -0.05) is 42.5 Å². The van der Waals surface area contributed by atoms with Gasteiger partial charge in [0.05, 0.1) is 23.8 Å². The van der Waals surface area contributed by atoms with Crippen molar-refractivity contribution in [2.45, 2.75) is 25.6 Å². The number of amides is 2. The molecule has 0 spiro atoms. The topological polar surface area (TPSA) is 58.6 Å². The fourth-order valence-electron chi connectivity index (χ4n) is 3.20. The molecule has 30 heavy (non-hydrogen) atoms. The first-order valence-corrected chi connectivity index (χ1v) is 9.31. The number of nitrogens with zero attached hydrogens (tertiary/aromatic N) is 1. The molecule has 1 unspecified atom stereocenters. The molecule has 0 saturated heterocycles. The lowest BCUT2D eigenvalue weighted by Gasteiger charge is -2.33. The molecule has 1 aliphatic heterocycles. The molecule has 0 radical (unpaired) electrons. The highest BCUT2D eigenvalue weighted by Crippen LogP contribution is 2.34. The molecule has 2 aromatic carbocycles. The Bertz CT molecular complexity index is 954. The van der Waals surface area contributed by atoms with E-state index in [9.17, 15) is 22.8 Å². The zero-order valence-corrected chi connectivity index (χ0v) is 16.5. The number of carbonyl (C=O) groups is 2. The Hall–Kier alpha value is -3.29. The van der Waals surface area contributed by atoms with E-state index in [-0.39, 0.29) is 12.2 Å². The summed E-state index contributed by atoms with van der Waals surface area (Å²) >= 11 is 0. The Morgan fingerprint density at radius 1 is 1.10 bits per heavy atom. The largest absolute Gasteiger partial charge is 0.462 e. The quantitative estimate of drug-likeness (QED) is 0.730. The average molecular weight is 418 g/mol. The number of rotatable bonds is 5. The number of hydrogen-bond acceptors (Lipinski definition) is 3. The van der Waals surface area contributed by atoms with Crippen LogP contribution < -0.4 is 5.32 Å². The number of nitrogens with one attached hydrogen (secondary N) is 1. The molecule has 0 fully saturated rings. The second kappa shape index (κ2) is 8.61. The van der Waals surface area contributed by atoms with E-state index in [2.05, 4.69) is 5.32 Å². The van der Waals surface area contributed by atoms with Crippen LogP contribution in [0, 0.1) is 0 Å². The number of benzene rings is 2. The Balaban J connectivity index is 1.82. The second-order valence-corrected chi connectivity index (χ2v) is 6.93. The van der Waals surface area contributed by atoms with E-state index in [1.807, 2.05) is 30.3 Å². The van der Waals surface area contributed by atoms with Crippen molar-refractivity contribution in [1.29, 1.82) is 0 Å². The van der Waals surface area contributed by atoms with E-state index in [0.29, 0.717) is 17.7 Å². The molecule has 0 bridgehead atoms. The number of halogens is 3. The maximum absolute atomic E-state index is 12.9. The molecule has 2 aromatic rings. The van der Waals surface area contributed by atoms with Crippen molar-refractivity contribution < 1.29 is 27.5 Å². The van der Waals surface area contributed by atoms with Gasteiger partial charge in [0.15, 0.2) is 0 Å². The van der Waals surface area contributed by atoms with Crippen molar-refractivity contribution in [3.63, 3.8) is 0 Å². The highest BCUT2D eigenvalue weighted by Gasteiger charge is 2.36. The molecule has 0 saturated carbocycles. The van der Waals surface area contributed by atoms with Gasteiger partial charge in [-0.05, 0) is 30.2 Å². The van der Waals surface area contributed by atoms with Crippen molar-refractivity contribution in [2.75, 3.05) is 13.7 Å². The Morgan fingerprint density at radius 3 is 2.33 bits per heavy atom. The number of carbonyl (C=O) groups excluding carboxylic acids is 2. The molecule has 1 heterocycles. The van der Waals surface area contributed by atoms with Crippen molar-refractivity contribution in [2.24, 2.45) is 0 Å². The third kappa shape index (κ3) is 4.64. The minimum Gasteiger partial charge on any atom is -0.462 e. The molecular weight excluding hydrogens is 397 g/mol. The van der Waals surface area contributed by atoms with Crippen molar-refractivity contribution in [1.82, 2.24) is 10.2 Å². The summed E-state index contributed by atoms with van der Waals surface area (Å²) in [5.74, 6) is -0.625. The van der Waals surface area contributed by atoms with E-state index < -0.39 is 29.8 Å². The molecule has 1 atom stereocenters. The SMILES string of the molecule is CC1=C(C(=O)OCCc2ccccc2)C(c2ccc(C(F)(F)F)cc2)NC(=O)N1C. The molecule has 0 aliphatic carbocycles. The van der Waals surface area contributed by atoms with Gasteiger partial charge >= 0.3 is 18.2 Å². The molecule has 0 aromatic heterocycles. The lowest BCUT2D eigenvalue weighted by molar-refractivity contribution is -0.140. The molecule has 1 aliphatic rings. The molecule has 1 N–H and O–H groups in total. The van der Waals surface area contributed by atoms with Crippen LogP contribution in [0.5, 0.6) is 0 Å². The van der Waals surface area contributed by atoms with E-state index >= 15 is 0 Å². The third-order valence-electron chi connectivity index (χ3n) is 5.01. The van der Waals surface area contributed by atoms with Gasteiger partial charge in [0.2, 0.25) is 0 Å². The first-order chi connectivity index (χ1) is 14.2. The molecule has 158 valence electrons. The van der Waals surface area contributed by atoms with Crippen LogP contribution in [-0.2, 0) is 22.1 Å². The maximum atomic E-state index is 12.9. The summed E-state index contributed by atoms with van der Waals surface area (Å²) in [5.41, 5.74) is 1.12. The van der Waals surface area contributed by atoms with E-state index in [1.54, 1.807) is 6.92 Å². The van der Waals surface area contributed by atoms with E-state index in [1.165, 1.54) is 24.1 Å². The van der Waals surface area contributed by atoms with Crippen LogP contribution in [0.4, 0.5) is 18.0 Å². The summed E-state index contributed by atoms with van der Waals surface area (Å²) in [7, 11) is 1.50. The summed E-state index contributed by atoms with van der Waals surface area (Å²) in [4.78, 5) is 26.3. The number of alkyl halides is 3. The number of esters is 1. The maximum Gasteiger partial charge on any atom is 0.416 e. The van der Waals surface area contributed by atoms with E-state index in [4.69, 9.17) is 4.74 Å². The predicted molar refractivity (Wildman–Crippen MR) is 104 cm³/mol. The van der Waals surface area contributed by atoms with Crippen LogP contribution in [0.25, 0.3) is 0 Å². The van der Waals surface area contributed by atoms with Gasteiger partial charge in [0, 0.05) is 19.2 Å². The van der Waals surface area contributed by atoms with Crippen LogP contribution in [0.2, 0.25) is 0 Å². The fourth-order valence-corrected chi connectivity index (χ4v) is 3.20. The number of urea groups is 1. The van der Waals surface area contributed by atoms with Gasteiger partial charge in [-0.15, -0.1) is 0 Å². The van der Waals surface area contributed by atoms with Gasteiger partial charge in [-0.25, -0.2) is 9.59 Å². The van der Waals surface area contributed by atoms with Gasteiger partial charge in [0.25, 0.3) is 0 Å². The summed E-state index contributed by atoms with van der Waals surface area (Å²) in [6.07, 6.45) is -3.95. The number of allylic oxidation sites excluding steroid dienone is 1. The molecule has 3 rings (SSSR count). The second-order valence-electron chi connectivity index (χ2n) is 6.93. The lowest BCUT2D eigenvalue weighted by Crippen LogP contribution is -2.46. The normalized spacial score (nSPS) is 17.0. The number of ether oxygens (including phenoxy) is 1. The van der Waals surface area contributed by atoms with Crippen LogP contribution in [0.15, 0.2) is 65.9 Å². The Kier molecular flexibility index (Phi) is 6.14. The van der Waals surface area contributed by atoms with Gasteiger partial charge in [0.1, 0.15) is 0 Å². The third-order valence-corrected chi connectivity index (χ3v) is 5.01. The predicted octanol–water partition coefficient (Wildman–Crippen LogP) is 4.46. The summed E-state index contributed by atoms with van der Waals surface area (Å²) < 4.78 is 44.0. The number of hydrogen-bond donors (Lipinski definition) is 1. The summed E-state index contributed by atoms with van der Waals surface area (Å²) in [6, 6.07) is 12.5. The molecule has 2 amide bonds. The van der Waals surface area contributed by atoms with Crippen molar-refractivity contribution in [3.8, 4) is 0 Å². The monoisotopic (exact) mass is 418 g/mol. The highest BCUT2D eigenvalue weighted by atomic mass is 19.4. The fraction of sp³-hybridized carbons (Fsp3) is 0.273. The van der Waals surface area contributed by atoms with Crippen molar-refractivity contribution in [3.05, 3.63) is 82.6 Å². The van der Waals surface area contributed by atoms with E-state index in [0.717, 1.165) is 17.7 Å². The van der Waals surface area contributed by atoms with Crippen molar-refractivity contribution >= 4 is 12.0 Å². The first kappa shape index (κ1) is 21.4. The van der Waals surface area contributed by atoms with Crippen LogP contribution in [0.1, 0.15) is 29.7 Å². The highest BCUT2D eigenvalue weighted by molar-refractivity contribution is 5.95. The van der Waals surface area contributed by atoms with Gasteiger partial charge in [-0.2, -0.15) is 13.2 Å². The van der Waals surface area contributed by atoms with Gasteiger partial charge < -0.3 is 15.0 Å². The molecule has 5 nitrogen and oxygen atoms in total. The minimum atomic E-state index is -4.47. The van der Waals surface area contributed by atoms with Crippen LogP contribution in [0.3, 0.4) is 0 Å². The Labute approximate surface area is 172 Å². The summed E-state index contributed by atoms with van der Waals surface area (Å²) in [6.45, 7) is 1.74. The standard InChI is InChI=1S/C22H21F3N2O3/c1-14-18(20(28)30-13-12-15-6-4-3-5-7-15)19(26-21(29)27(14)2)16-8-10-17(11-9-16)22(23,24)25/h3-11,19H,12-13H2,1-2H3,(H,26,29). The van der Waals surface area contributed by atoms with Crippen LogP contribution in [-0.4, -0.2) is 30.6 Å². The zero-order chi connectivity index (χ0) is 21.9. The summed E-state index contributed by atoms with van der Waals surface area (Å²) in [5, 5.41) is 2.66. The zero-order valence-electron chi connectivity index (χ0n) is 16.5. The molecular formula is C22H21F3N2O3. The smallest absolute Gasteiger partial charge is 0.416 e. The lowest BCUT2D eigenvalue weighted by atomic mass is 9.94. The Morgan fingerprint density at radius 2 is 1.73 bits per heavy atom.